The standard InChI is InChI=1S/C12H15N3O/c13-9-4-3-7-15(8-9)12-14-10-5-1-2-6-11(10)16-12/h1-2,5-6,9H,3-4,7-8,13H2. The van der Waals surface area contributed by atoms with E-state index in [-0.39, 0.29) is 6.04 Å². The first-order chi connectivity index (χ1) is 7.83. The van der Waals surface area contributed by atoms with Gasteiger partial charge in [0.2, 0.25) is 0 Å². The van der Waals surface area contributed by atoms with E-state index in [1.807, 2.05) is 24.3 Å². The Morgan fingerprint density at radius 2 is 2.25 bits per heavy atom. The van der Waals surface area contributed by atoms with Crippen LogP contribution in [0.4, 0.5) is 6.01 Å². The summed E-state index contributed by atoms with van der Waals surface area (Å²) in [4.78, 5) is 6.61. The van der Waals surface area contributed by atoms with Gasteiger partial charge in [0.15, 0.2) is 5.58 Å². The molecule has 84 valence electrons. The quantitative estimate of drug-likeness (QED) is 0.790. The maximum Gasteiger partial charge on any atom is 0.298 e. The van der Waals surface area contributed by atoms with Gasteiger partial charge >= 0.3 is 0 Å². The van der Waals surface area contributed by atoms with Gasteiger partial charge in [-0.2, -0.15) is 4.98 Å². The first kappa shape index (κ1) is 9.66. The van der Waals surface area contributed by atoms with Crippen LogP contribution in [-0.4, -0.2) is 24.1 Å². The summed E-state index contributed by atoms with van der Waals surface area (Å²) in [6, 6.07) is 8.78. The second kappa shape index (κ2) is 3.79. The van der Waals surface area contributed by atoms with Gasteiger partial charge in [0.1, 0.15) is 5.52 Å². The summed E-state index contributed by atoms with van der Waals surface area (Å²) >= 11 is 0. The number of nitrogens with two attached hydrogens (primary N) is 1. The van der Waals surface area contributed by atoms with Crippen LogP contribution in [0.3, 0.4) is 0 Å². The summed E-state index contributed by atoms with van der Waals surface area (Å²) in [6.07, 6.45) is 2.20. The molecule has 1 fully saturated rings. The van der Waals surface area contributed by atoms with E-state index >= 15 is 0 Å². The Balaban J connectivity index is 1.93. The summed E-state index contributed by atoms with van der Waals surface area (Å²) in [7, 11) is 0. The number of fused-ring (bicyclic) bond motifs is 1. The predicted molar refractivity (Wildman–Crippen MR) is 63.4 cm³/mol. The number of anilines is 1. The highest BCUT2D eigenvalue weighted by Crippen LogP contribution is 2.23. The third-order valence-electron chi connectivity index (χ3n) is 3.01. The van der Waals surface area contributed by atoms with Crippen LogP contribution in [0.5, 0.6) is 0 Å². The zero-order valence-corrected chi connectivity index (χ0v) is 9.10. The fraction of sp³-hybridized carbons (Fsp3) is 0.417. The molecule has 0 aliphatic carbocycles. The average molecular weight is 217 g/mol. The zero-order chi connectivity index (χ0) is 11.0. The Kier molecular flexibility index (Phi) is 2.29. The average Bonchev–Trinajstić information content (AvgIpc) is 2.72. The molecule has 0 bridgehead atoms. The lowest BCUT2D eigenvalue weighted by atomic mass is 10.1. The van der Waals surface area contributed by atoms with Crippen molar-refractivity contribution in [1.29, 1.82) is 0 Å². The van der Waals surface area contributed by atoms with Crippen LogP contribution in [-0.2, 0) is 0 Å². The monoisotopic (exact) mass is 217 g/mol. The van der Waals surface area contributed by atoms with Crippen molar-refractivity contribution in [3.8, 4) is 0 Å². The lowest BCUT2D eigenvalue weighted by Gasteiger charge is -2.29. The molecule has 0 radical (unpaired) electrons. The van der Waals surface area contributed by atoms with Gasteiger partial charge in [-0.05, 0) is 25.0 Å². The molecule has 3 rings (SSSR count). The SMILES string of the molecule is NC1CCCN(c2nc3ccccc3o2)C1. The van der Waals surface area contributed by atoms with Crippen LogP contribution in [0.2, 0.25) is 0 Å². The van der Waals surface area contributed by atoms with Crippen molar-refractivity contribution in [1.82, 2.24) is 4.98 Å². The molecule has 1 saturated heterocycles. The maximum absolute atomic E-state index is 5.95. The number of hydrogen-bond acceptors (Lipinski definition) is 4. The van der Waals surface area contributed by atoms with Crippen LogP contribution in [0.1, 0.15) is 12.8 Å². The highest BCUT2D eigenvalue weighted by atomic mass is 16.4. The molecule has 2 heterocycles. The number of para-hydroxylation sites is 2. The van der Waals surface area contributed by atoms with Crippen molar-refractivity contribution >= 4 is 17.1 Å². The van der Waals surface area contributed by atoms with Gasteiger partial charge in [0.05, 0.1) is 0 Å². The minimum absolute atomic E-state index is 0.240. The van der Waals surface area contributed by atoms with Gasteiger partial charge in [-0.15, -0.1) is 0 Å². The zero-order valence-electron chi connectivity index (χ0n) is 9.10. The highest BCUT2D eigenvalue weighted by Gasteiger charge is 2.20. The molecule has 2 N–H and O–H groups in total. The molecular weight excluding hydrogens is 202 g/mol. The van der Waals surface area contributed by atoms with E-state index in [1.54, 1.807) is 0 Å². The van der Waals surface area contributed by atoms with E-state index in [1.165, 1.54) is 0 Å². The van der Waals surface area contributed by atoms with Crippen LogP contribution in [0.15, 0.2) is 28.7 Å². The molecule has 0 saturated carbocycles. The molecule has 4 nitrogen and oxygen atoms in total. The molecule has 0 spiro atoms. The topological polar surface area (TPSA) is 55.3 Å². The minimum Gasteiger partial charge on any atom is -0.423 e. The van der Waals surface area contributed by atoms with Crippen LogP contribution in [0.25, 0.3) is 11.1 Å². The van der Waals surface area contributed by atoms with Gasteiger partial charge in [-0.3, -0.25) is 0 Å². The number of benzene rings is 1. The van der Waals surface area contributed by atoms with Crippen LogP contribution < -0.4 is 10.6 Å². The Morgan fingerprint density at radius 1 is 1.38 bits per heavy atom. The second-order valence-electron chi connectivity index (χ2n) is 4.31. The second-order valence-corrected chi connectivity index (χ2v) is 4.31. The number of oxazole rings is 1. The van der Waals surface area contributed by atoms with Gasteiger partial charge in [-0.1, -0.05) is 12.1 Å². The third kappa shape index (κ3) is 1.65. The lowest BCUT2D eigenvalue weighted by Crippen LogP contribution is -2.42. The van der Waals surface area contributed by atoms with E-state index in [0.29, 0.717) is 6.01 Å². The fourth-order valence-electron chi connectivity index (χ4n) is 2.18. The first-order valence-electron chi connectivity index (χ1n) is 5.69. The first-order valence-corrected chi connectivity index (χ1v) is 5.69. The summed E-state index contributed by atoms with van der Waals surface area (Å²) < 4.78 is 5.72. The van der Waals surface area contributed by atoms with Crippen molar-refractivity contribution in [3.63, 3.8) is 0 Å². The molecule has 1 aromatic carbocycles. The molecule has 2 aromatic rings. The molecule has 0 amide bonds. The smallest absolute Gasteiger partial charge is 0.298 e. The Morgan fingerprint density at radius 3 is 3.06 bits per heavy atom. The van der Waals surface area contributed by atoms with E-state index in [9.17, 15) is 0 Å². The normalized spacial score (nSPS) is 21.6. The molecule has 1 unspecified atom stereocenters. The maximum atomic E-state index is 5.95. The summed E-state index contributed by atoms with van der Waals surface area (Å²) in [6.45, 7) is 1.83. The number of rotatable bonds is 1. The molecule has 4 heteroatoms. The van der Waals surface area contributed by atoms with Crippen LogP contribution >= 0.6 is 0 Å². The molecule has 1 atom stereocenters. The van der Waals surface area contributed by atoms with Gasteiger partial charge in [0, 0.05) is 19.1 Å². The Labute approximate surface area is 94.0 Å². The molecule has 16 heavy (non-hydrogen) atoms. The minimum atomic E-state index is 0.240. The van der Waals surface area contributed by atoms with E-state index in [0.717, 1.165) is 37.0 Å². The van der Waals surface area contributed by atoms with Crippen molar-refractivity contribution < 1.29 is 4.42 Å². The van der Waals surface area contributed by atoms with Gasteiger partial charge in [0.25, 0.3) is 6.01 Å². The molecule has 1 aliphatic rings. The fourth-order valence-corrected chi connectivity index (χ4v) is 2.18. The third-order valence-corrected chi connectivity index (χ3v) is 3.01. The van der Waals surface area contributed by atoms with Crippen LogP contribution in [0, 0.1) is 0 Å². The summed E-state index contributed by atoms with van der Waals surface area (Å²) in [5.74, 6) is 0. The van der Waals surface area contributed by atoms with Crippen molar-refractivity contribution in [2.45, 2.75) is 18.9 Å². The Bertz CT molecular complexity index is 461. The predicted octanol–water partition coefficient (Wildman–Crippen LogP) is 1.76. The van der Waals surface area contributed by atoms with E-state index < -0.39 is 0 Å². The number of nitrogens with zero attached hydrogens (tertiary/aromatic N) is 2. The summed E-state index contributed by atoms with van der Waals surface area (Å²) in [5, 5.41) is 0. The summed E-state index contributed by atoms with van der Waals surface area (Å²) in [5.41, 5.74) is 7.70. The number of piperidine rings is 1. The van der Waals surface area contributed by atoms with Gasteiger partial charge in [-0.25, -0.2) is 0 Å². The number of hydrogen-bond donors (Lipinski definition) is 1. The van der Waals surface area contributed by atoms with E-state index in [2.05, 4.69) is 9.88 Å². The van der Waals surface area contributed by atoms with Crippen molar-refractivity contribution in [3.05, 3.63) is 24.3 Å². The van der Waals surface area contributed by atoms with Gasteiger partial charge < -0.3 is 15.1 Å². The molecule has 1 aliphatic heterocycles. The van der Waals surface area contributed by atoms with Crippen molar-refractivity contribution in [2.24, 2.45) is 5.73 Å². The highest BCUT2D eigenvalue weighted by molar-refractivity contribution is 5.74. The largest absolute Gasteiger partial charge is 0.423 e. The number of aromatic nitrogens is 1. The van der Waals surface area contributed by atoms with E-state index in [4.69, 9.17) is 10.2 Å². The Hall–Kier alpha value is -1.55. The molecular formula is C12H15N3O. The van der Waals surface area contributed by atoms with Crippen molar-refractivity contribution in [2.75, 3.05) is 18.0 Å². The molecule has 1 aromatic heterocycles. The lowest BCUT2D eigenvalue weighted by molar-refractivity contribution is 0.467.